The number of aliphatic carboxylic acids is 5. The van der Waals surface area contributed by atoms with Crippen LogP contribution in [0.15, 0.2) is 0 Å². The van der Waals surface area contributed by atoms with Crippen LogP contribution in [-0.4, -0.2) is 246 Å². The summed E-state index contributed by atoms with van der Waals surface area (Å²) in [6.07, 6.45) is 24.3. The molecule has 0 saturated heterocycles. The smallest absolute Gasteiger partial charge is 0.326 e. The van der Waals surface area contributed by atoms with Crippen molar-refractivity contribution in [3.8, 4) is 0 Å². The number of ketones is 4. The van der Waals surface area contributed by atoms with Crippen molar-refractivity contribution >= 4 is 82.5 Å². The lowest BCUT2D eigenvalue weighted by atomic mass is 9.89. The second kappa shape index (κ2) is 74.5. The molecule has 0 aliphatic rings. The van der Waals surface area contributed by atoms with Gasteiger partial charge >= 0.3 is 29.8 Å². The Kier molecular flexibility index (Phi) is 69.8. The first-order valence-corrected chi connectivity index (χ1v) is 40.7. The Morgan fingerprint density at radius 3 is 1.06 bits per heavy atom. The lowest BCUT2D eigenvalue weighted by Crippen LogP contribution is -2.41. The number of unbranched alkanes of at least 4 members (excludes halogenated alkanes) is 20. The number of carboxylic acids is 5. The standard InChI is InChI=1S/C79H137N5O27/c1-62(28-22-24-40-80-72(91)59-109-53-49-105-45-27-32-67(87)58-108-52-50-106-46-42-82-70(89)39-36-64(78(100)101)56-66(86)30-18-14-10-6-2-4-8-12-16-20-34-75(94)95)69(88)57-63(77(98)99)29-23-25-41-81-73(92)60-111-55-51-107-47-43-83-74(93)61-110-54-48-104-44-26-31-65(85)37-38-68(79(102)103)84-71(90)33-19-15-11-7-3-5-9-13-17-21-35-76(96)97/h62-64,68H,2-61H2,1H3,(H,80,91)(H,81,92)(H,82,89)(H,83,93)(H,84,90)(H,94,95)(H,96,97)(H,98,99)(H,100,101)(H,102,103)/t62-,63+,64+,68-/m0/s1. The highest BCUT2D eigenvalue weighted by Crippen LogP contribution is 2.21. The Labute approximate surface area is 656 Å². The Bertz CT molecular complexity index is 2560. The number of carboxylic acid groups (broad SMARTS) is 5. The molecule has 32 heteroatoms. The zero-order valence-corrected chi connectivity index (χ0v) is 66.5. The summed E-state index contributed by atoms with van der Waals surface area (Å²) in [5.41, 5.74) is 0. The van der Waals surface area contributed by atoms with E-state index in [9.17, 15) is 82.4 Å². The molecular weight excluding hydrogens is 1450 g/mol. The quantitative estimate of drug-likeness (QED) is 0.0256. The molecule has 640 valence electrons. The van der Waals surface area contributed by atoms with E-state index in [2.05, 4.69) is 26.6 Å². The highest BCUT2D eigenvalue weighted by Gasteiger charge is 2.26. The second-order valence-electron chi connectivity index (χ2n) is 28.1. The molecule has 0 spiro atoms. The predicted octanol–water partition coefficient (Wildman–Crippen LogP) is 8.24. The van der Waals surface area contributed by atoms with Crippen molar-refractivity contribution in [3.05, 3.63) is 0 Å². The molecule has 5 amide bonds. The van der Waals surface area contributed by atoms with E-state index in [1.807, 2.05) is 0 Å². The summed E-state index contributed by atoms with van der Waals surface area (Å²) in [5.74, 6) is -9.24. The maximum atomic E-state index is 12.9. The van der Waals surface area contributed by atoms with E-state index >= 15 is 0 Å². The van der Waals surface area contributed by atoms with Crippen LogP contribution in [0.2, 0.25) is 0 Å². The molecule has 0 aliphatic carbocycles. The van der Waals surface area contributed by atoms with Gasteiger partial charge in [0.05, 0.1) is 77.9 Å². The normalized spacial score (nSPS) is 12.3. The summed E-state index contributed by atoms with van der Waals surface area (Å²) in [7, 11) is 0. The molecule has 0 aliphatic heterocycles. The van der Waals surface area contributed by atoms with E-state index in [0.717, 1.165) is 109 Å². The average Bonchev–Trinajstić information content (AvgIpc) is 0.942. The first-order valence-electron chi connectivity index (χ1n) is 40.7. The number of amides is 5. The zero-order chi connectivity index (χ0) is 82.0. The van der Waals surface area contributed by atoms with Gasteiger partial charge in [-0.3, -0.25) is 62.3 Å². The van der Waals surface area contributed by atoms with Crippen LogP contribution in [0.5, 0.6) is 0 Å². The summed E-state index contributed by atoms with van der Waals surface area (Å²) >= 11 is 0. The third kappa shape index (κ3) is 71.8. The van der Waals surface area contributed by atoms with Gasteiger partial charge in [0.25, 0.3) is 0 Å². The van der Waals surface area contributed by atoms with Gasteiger partial charge in [0.15, 0.2) is 5.78 Å². The van der Waals surface area contributed by atoms with Crippen LogP contribution in [0.25, 0.3) is 0 Å². The average molecular weight is 1590 g/mol. The first-order chi connectivity index (χ1) is 53.5. The van der Waals surface area contributed by atoms with Crippen LogP contribution < -0.4 is 26.6 Å². The molecule has 0 radical (unpaired) electrons. The minimum absolute atomic E-state index is 0.00371. The highest BCUT2D eigenvalue weighted by molar-refractivity contribution is 5.87. The number of carbonyl (C=O) groups excluding carboxylic acids is 9. The molecule has 4 atom stereocenters. The molecule has 32 nitrogen and oxygen atoms in total. The summed E-state index contributed by atoms with van der Waals surface area (Å²) < 4.78 is 43.2. The van der Waals surface area contributed by atoms with Crippen LogP contribution in [0.1, 0.15) is 264 Å². The molecule has 0 saturated carbocycles. The fourth-order valence-corrected chi connectivity index (χ4v) is 11.5. The molecular formula is C79H137N5O27. The van der Waals surface area contributed by atoms with E-state index < -0.39 is 47.7 Å². The number of carbonyl (C=O) groups is 14. The third-order valence-electron chi connectivity index (χ3n) is 18.1. The Morgan fingerprint density at radius 2 is 0.622 bits per heavy atom. The molecule has 0 aromatic heterocycles. The van der Waals surface area contributed by atoms with Crippen molar-refractivity contribution in [2.75, 3.05) is 132 Å². The number of rotatable bonds is 85. The minimum atomic E-state index is -1.19. The van der Waals surface area contributed by atoms with E-state index in [0.29, 0.717) is 90.3 Å². The maximum absolute atomic E-state index is 12.9. The number of hydrogen-bond donors (Lipinski definition) is 10. The van der Waals surface area contributed by atoms with Crippen molar-refractivity contribution in [3.63, 3.8) is 0 Å². The van der Waals surface area contributed by atoms with E-state index in [4.69, 9.17) is 48.1 Å². The van der Waals surface area contributed by atoms with Crippen LogP contribution in [0.3, 0.4) is 0 Å². The van der Waals surface area contributed by atoms with Gasteiger partial charge in [-0.2, -0.15) is 0 Å². The van der Waals surface area contributed by atoms with E-state index in [-0.39, 0.29) is 248 Å². The van der Waals surface area contributed by atoms with Gasteiger partial charge in [-0.15, -0.1) is 0 Å². The lowest BCUT2D eigenvalue weighted by Gasteiger charge is -2.15. The van der Waals surface area contributed by atoms with Crippen molar-refractivity contribution in [2.45, 2.75) is 270 Å². The van der Waals surface area contributed by atoms with Gasteiger partial charge < -0.3 is 90.0 Å². The predicted molar refractivity (Wildman–Crippen MR) is 410 cm³/mol. The Morgan fingerprint density at radius 1 is 0.261 bits per heavy atom. The van der Waals surface area contributed by atoms with Crippen molar-refractivity contribution in [1.29, 1.82) is 0 Å². The summed E-state index contributed by atoms with van der Waals surface area (Å²) in [6, 6.07) is -1.14. The van der Waals surface area contributed by atoms with Gasteiger partial charge in [0.1, 0.15) is 49.8 Å². The van der Waals surface area contributed by atoms with Crippen LogP contribution in [-0.2, 0) is 105 Å². The monoisotopic (exact) mass is 1590 g/mol. The van der Waals surface area contributed by atoms with Crippen molar-refractivity contribution in [1.82, 2.24) is 26.6 Å². The molecule has 111 heavy (non-hydrogen) atoms. The zero-order valence-electron chi connectivity index (χ0n) is 66.5. The molecule has 0 heterocycles. The van der Waals surface area contributed by atoms with Gasteiger partial charge in [0.2, 0.25) is 29.5 Å². The first kappa shape index (κ1) is 104. The Balaban J connectivity index is 3.83. The molecule has 0 bridgehead atoms. The molecule has 0 unspecified atom stereocenters. The van der Waals surface area contributed by atoms with Gasteiger partial charge in [-0.05, 0) is 77.0 Å². The Hall–Kier alpha value is -6.94. The topological polar surface area (TPSA) is 474 Å². The minimum Gasteiger partial charge on any atom is -0.481 e. The van der Waals surface area contributed by atoms with Crippen LogP contribution in [0.4, 0.5) is 0 Å². The van der Waals surface area contributed by atoms with Crippen LogP contribution >= 0.6 is 0 Å². The number of nitrogens with one attached hydrogen (secondary N) is 5. The van der Waals surface area contributed by atoms with E-state index in [1.165, 1.54) is 0 Å². The molecule has 10 N–H and O–H groups in total. The fraction of sp³-hybridized carbons (Fsp3) is 0.823. The fourth-order valence-electron chi connectivity index (χ4n) is 11.5. The molecule has 0 rings (SSSR count). The highest BCUT2D eigenvalue weighted by atomic mass is 16.5. The van der Waals surface area contributed by atoms with Gasteiger partial charge in [0, 0.05) is 110 Å². The maximum Gasteiger partial charge on any atom is 0.326 e. The summed E-state index contributed by atoms with van der Waals surface area (Å²) in [5, 5.41) is 59.7. The van der Waals surface area contributed by atoms with Crippen molar-refractivity contribution in [2.24, 2.45) is 17.8 Å². The number of Topliss-reactive ketones (excluding diaryl/α,β-unsaturated/α-hetero) is 4. The number of hydrogen-bond acceptors (Lipinski definition) is 22. The largest absolute Gasteiger partial charge is 0.481 e. The van der Waals surface area contributed by atoms with Crippen molar-refractivity contribution < 1.29 is 131 Å². The summed E-state index contributed by atoms with van der Waals surface area (Å²) in [6.45, 7) is 4.56. The number of ether oxygens (including phenoxy) is 8. The molecule has 0 aromatic rings. The lowest BCUT2D eigenvalue weighted by molar-refractivity contribution is -0.144. The van der Waals surface area contributed by atoms with Gasteiger partial charge in [-0.1, -0.05) is 122 Å². The van der Waals surface area contributed by atoms with Gasteiger partial charge in [-0.25, -0.2) is 4.79 Å². The molecule has 0 fully saturated rings. The summed E-state index contributed by atoms with van der Waals surface area (Å²) in [4.78, 5) is 168. The van der Waals surface area contributed by atoms with E-state index in [1.54, 1.807) is 6.92 Å². The second-order valence-corrected chi connectivity index (χ2v) is 28.1. The SMILES string of the molecule is C[C@@H](CCCCNC(=O)COCCOCCCC(=O)COCCOCCNC(=O)CC[C@H](CC(=O)CCCCCCCCCCCCC(=O)O)C(=O)O)C(=O)C[C@@H](CCCCNC(=O)COCCOCCNC(=O)COCCOCCCC(=O)CC[C@H](NC(=O)CCCCCCCCCCCCC(=O)O)C(=O)O)C(=O)O. The molecule has 0 aromatic carbocycles. The van der Waals surface area contributed by atoms with Crippen LogP contribution in [0, 0.1) is 17.8 Å². The third-order valence-corrected chi connectivity index (χ3v) is 18.1.